The van der Waals surface area contributed by atoms with Crippen LogP contribution in [0.2, 0.25) is 0 Å². The van der Waals surface area contributed by atoms with Gasteiger partial charge in [-0.3, -0.25) is 0 Å². The normalized spacial score (nSPS) is 22.5. The summed E-state index contributed by atoms with van der Waals surface area (Å²) in [7, 11) is 0. The molecule has 1 fully saturated rings. The molecule has 0 heteroatoms. The van der Waals surface area contributed by atoms with Crippen LogP contribution in [0, 0.1) is 5.92 Å². The van der Waals surface area contributed by atoms with E-state index in [1.54, 1.807) is 0 Å². The quantitative estimate of drug-likeness (QED) is 0.540. The maximum absolute atomic E-state index is 2.35. The summed E-state index contributed by atoms with van der Waals surface area (Å²) in [6.07, 6.45) is 17.7. The summed E-state index contributed by atoms with van der Waals surface area (Å²) >= 11 is 0. The van der Waals surface area contributed by atoms with Crippen molar-refractivity contribution in [3.8, 4) is 0 Å². The molecule has 0 unspecified atom stereocenters. The predicted octanol–water partition coefficient (Wildman–Crippen LogP) is 4.70. The van der Waals surface area contributed by atoms with E-state index < -0.39 is 0 Å². The van der Waals surface area contributed by atoms with Gasteiger partial charge in [-0.1, -0.05) is 63.5 Å². The number of hydrogen-bond acceptors (Lipinski definition) is 0. The van der Waals surface area contributed by atoms with E-state index in [0.717, 1.165) is 5.92 Å². The zero-order valence-corrected chi connectivity index (χ0v) is 9.10. The van der Waals surface area contributed by atoms with Gasteiger partial charge in [0.1, 0.15) is 0 Å². The van der Waals surface area contributed by atoms with Gasteiger partial charge in [-0.05, 0) is 19.3 Å². The topological polar surface area (TPSA) is 0 Å². The lowest BCUT2D eigenvalue weighted by atomic mass is 9.93. The summed E-state index contributed by atoms with van der Waals surface area (Å²) in [4.78, 5) is 0. The third-order valence-electron chi connectivity index (χ3n) is 3.18. The Balaban J connectivity index is 2.23. The first-order chi connectivity index (χ1) is 6.43. The van der Waals surface area contributed by atoms with Crippen LogP contribution in [0.4, 0.5) is 0 Å². The van der Waals surface area contributed by atoms with E-state index in [9.17, 15) is 0 Å². The molecule has 0 saturated heterocycles. The van der Waals surface area contributed by atoms with Crippen molar-refractivity contribution >= 4 is 0 Å². The van der Waals surface area contributed by atoms with Crippen LogP contribution in [0.5, 0.6) is 0 Å². The van der Waals surface area contributed by atoms with Gasteiger partial charge in [0.2, 0.25) is 0 Å². The molecule has 0 heterocycles. The Labute approximate surface area is 83.4 Å². The van der Waals surface area contributed by atoms with Gasteiger partial charge >= 0.3 is 0 Å². The standard InChI is InChI=1S/C13H24/c1-2-3-10-13-11-8-6-4-5-7-9-12-13/h2-3,13H,4-12H2,1H3. The fourth-order valence-corrected chi connectivity index (χ4v) is 2.28. The maximum atomic E-state index is 2.35. The van der Waals surface area contributed by atoms with Crippen molar-refractivity contribution in [1.29, 1.82) is 0 Å². The highest BCUT2D eigenvalue weighted by molar-refractivity contribution is 4.80. The third-order valence-corrected chi connectivity index (χ3v) is 3.18. The van der Waals surface area contributed by atoms with Crippen LogP contribution < -0.4 is 0 Å². The van der Waals surface area contributed by atoms with Crippen molar-refractivity contribution in [3.63, 3.8) is 0 Å². The van der Waals surface area contributed by atoms with Crippen LogP contribution in [-0.4, -0.2) is 0 Å². The van der Waals surface area contributed by atoms with Crippen LogP contribution in [0.3, 0.4) is 0 Å². The van der Waals surface area contributed by atoms with Crippen molar-refractivity contribution in [3.05, 3.63) is 12.2 Å². The second-order valence-electron chi connectivity index (χ2n) is 4.37. The van der Waals surface area contributed by atoms with Crippen LogP contribution in [0.15, 0.2) is 12.2 Å². The van der Waals surface area contributed by atoms with Gasteiger partial charge in [0, 0.05) is 0 Å². The van der Waals surface area contributed by atoms with E-state index in [4.69, 9.17) is 0 Å². The Morgan fingerprint density at radius 1 is 0.923 bits per heavy atom. The summed E-state index contributed by atoms with van der Waals surface area (Å²) in [5, 5.41) is 0. The van der Waals surface area contributed by atoms with Crippen LogP contribution >= 0.6 is 0 Å². The third kappa shape index (κ3) is 5.13. The Kier molecular flexibility index (Phi) is 5.97. The molecule has 0 aromatic heterocycles. The highest BCUT2D eigenvalue weighted by atomic mass is 14.1. The second-order valence-corrected chi connectivity index (χ2v) is 4.37. The van der Waals surface area contributed by atoms with Crippen LogP contribution in [-0.2, 0) is 0 Å². The molecule has 0 amide bonds. The van der Waals surface area contributed by atoms with E-state index in [0.29, 0.717) is 0 Å². The van der Waals surface area contributed by atoms with E-state index in [1.807, 2.05) is 0 Å². The smallest absolute Gasteiger partial charge is 0.0322 e. The Hall–Kier alpha value is -0.260. The Morgan fingerprint density at radius 3 is 2.00 bits per heavy atom. The van der Waals surface area contributed by atoms with Crippen molar-refractivity contribution in [2.45, 2.75) is 64.7 Å². The molecule has 0 aromatic carbocycles. The van der Waals surface area contributed by atoms with Crippen molar-refractivity contribution in [2.75, 3.05) is 0 Å². The van der Waals surface area contributed by atoms with E-state index in [1.165, 1.54) is 57.8 Å². The Morgan fingerprint density at radius 2 is 1.46 bits per heavy atom. The lowest BCUT2D eigenvalue weighted by Gasteiger charge is -2.12. The molecule has 0 N–H and O–H groups in total. The largest absolute Gasteiger partial charge is 0.0917 e. The molecule has 0 nitrogen and oxygen atoms in total. The van der Waals surface area contributed by atoms with Crippen LogP contribution in [0.25, 0.3) is 0 Å². The fourth-order valence-electron chi connectivity index (χ4n) is 2.28. The average Bonchev–Trinajstić information content (AvgIpc) is 2.28. The molecule has 1 aliphatic carbocycles. The highest BCUT2D eigenvalue weighted by Crippen LogP contribution is 2.24. The number of allylic oxidation sites excluding steroid dienone is 2. The Bertz CT molecular complexity index is 125. The summed E-state index contributed by atoms with van der Waals surface area (Å²) in [5.41, 5.74) is 0. The molecule has 0 aliphatic heterocycles. The minimum atomic E-state index is 0.995. The van der Waals surface area contributed by atoms with E-state index >= 15 is 0 Å². The molecule has 1 aliphatic rings. The molecule has 0 radical (unpaired) electrons. The molecule has 0 atom stereocenters. The molecule has 1 rings (SSSR count). The zero-order valence-electron chi connectivity index (χ0n) is 9.10. The van der Waals surface area contributed by atoms with Gasteiger partial charge in [0.25, 0.3) is 0 Å². The second kappa shape index (κ2) is 7.17. The SMILES string of the molecule is CC=CCC1CCCCCCCC1. The zero-order chi connectivity index (χ0) is 9.36. The lowest BCUT2D eigenvalue weighted by Crippen LogP contribution is -1.98. The average molecular weight is 180 g/mol. The summed E-state index contributed by atoms with van der Waals surface area (Å²) in [5.74, 6) is 0.995. The molecule has 76 valence electrons. The molecule has 1 saturated carbocycles. The maximum Gasteiger partial charge on any atom is -0.0322 e. The van der Waals surface area contributed by atoms with Gasteiger partial charge in [0.05, 0.1) is 0 Å². The minimum Gasteiger partial charge on any atom is -0.0917 e. The first-order valence-electron chi connectivity index (χ1n) is 6.04. The fraction of sp³-hybridized carbons (Fsp3) is 0.846. The number of hydrogen-bond donors (Lipinski definition) is 0. The summed E-state index contributed by atoms with van der Waals surface area (Å²) < 4.78 is 0. The van der Waals surface area contributed by atoms with Gasteiger partial charge in [-0.15, -0.1) is 0 Å². The molecule has 13 heavy (non-hydrogen) atoms. The van der Waals surface area contributed by atoms with Gasteiger partial charge in [-0.2, -0.15) is 0 Å². The van der Waals surface area contributed by atoms with Gasteiger partial charge < -0.3 is 0 Å². The van der Waals surface area contributed by atoms with Crippen LogP contribution in [0.1, 0.15) is 64.7 Å². The first kappa shape index (κ1) is 10.8. The van der Waals surface area contributed by atoms with Gasteiger partial charge in [-0.25, -0.2) is 0 Å². The van der Waals surface area contributed by atoms with Crippen molar-refractivity contribution < 1.29 is 0 Å². The molecule has 0 spiro atoms. The lowest BCUT2D eigenvalue weighted by molar-refractivity contribution is 0.432. The molecule has 0 aromatic rings. The predicted molar refractivity (Wildman–Crippen MR) is 59.9 cm³/mol. The molecular formula is C13H24. The van der Waals surface area contributed by atoms with Crippen molar-refractivity contribution in [2.24, 2.45) is 5.92 Å². The van der Waals surface area contributed by atoms with Crippen molar-refractivity contribution in [1.82, 2.24) is 0 Å². The summed E-state index contributed by atoms with van der Waals surface area (Å²) in [6, 6.07) is 0. The van der Waals surface area contributed by atoms with E-state index in [2.05, 4.69) is 19.1 Å². The van der Waals surface area contributed by atoms with E-state index in [-0.39, 0.29) is 0 Å². The van der Waals surface area contributed by atoms with Gasteiger partial charge in [0.15, 0.2) is 0 Å². The minimum absolute atomic E-state index is 0.995. The molecule has 0 bridgehead atoms. The monoisotopic (exact) mass is 180 g/mol. The number of rotatable bonds is 2. The summed E-state index contributed by atoms with van der Waals surface area (Å²) in [6.45, 7) is 2.13. The highest BCUT2D eigenvalue weighted by Gasteiger charge is 2.08. The first-order valence-corrected chi connectivity index (χ1v) is 6.04. The molecular weight excluding hydrogens is 156 g/mol.